The molecule has 2 fully saturated rings. The first-order chi connectivity index (χ1) is 13.3. The van der Waals surface area contributed by atoms with E-state index in [1.54, 1.807) is 24.3 Å². The molecule has 1 N–H and O–H groups in total. The van der Waals surface area contributed by atoms with Crippen molar-refractivity contribution in [2.45, 2.75) is 49.0 Å². The Morgan fingerprint density at radius 3 is 2.43 bits per heavy atom. The van der Waals surface area contributed by atoms with Crippen LogP contribution in [-0.2, 0) is 24.3 Å². The Hall–Kier alpha value is -1.45. The highest BCUT2D eigenvalue weighted by Gasteiger charge is 2.45. The van der Waals surface area contributed by atoms with Gasteiger partial charge in [-0.3, -0.25) is 4.79 Å². The summed E-state index contributed by atoms with van der Waals surface area (Å²) in [6.45, 7) is 0.492. The number of esters is 1. The second kappa shape index (κ2) is 8.51. The molecule has 2 aliphatic rings. The van der Waals surface area contributed by atoms with Crippen LogP contribution in [0.2, 0.25) is 0 Å². The Morgan fingerprint density at radius 2 is 1.82 bits per heavy atom. The zero-order valence-electron chi connectivity index (χ0n) is 15.8. The number of rotatable bonds is 5. The molecular weight excluding hydrogens is 448 g/mol. The number of amides is 1. The average Bonchev–Trinajstić information content (AvgIpc) is 3.17. The van der Waals surface area contributed by atoms with Crippen molar-refractivity contribution >= 4 is 37.8 Å². The predicted octanol–water partition coefficient (Wildman–Crippen LogP) is 2.45. The summed E-state index contributed by atoms with van der Waals surface area (Å²) in [5.41, 5.74) is -0.974. The van der Waals surface area contributed by atoms with E-state index in [0.29, 0.717) is 32.2 Å². The van der Waals surface area contributed by atoms with E-state index in [2.05, 4.69) is 21.2 Å². The van der Waals surface area contributed by atoms with E-state index >= 15 is 0 Å². The van der Waals surface area contributed by atoms with E-state index in [9.17, 15) is 18.0 Å². The van der Waals surface area contributed by atoms with Crippen molar-refractivity contribution in [3.05, 3.63) is 28.7 Å². The lowest BCUT2D eigenvalue weighted by atomic mass is 9.93. The van der Waals surface area contributed by atoms with Gasteiger partial charge in [-0.15, -0.1) is 0 Å². The molecule has 1 unspecified atom stereocenters. The third kappa shape index (κ3) is 4.26. The summed E-state index contributed by atoms with van der Waals surface area (Å²) in [5, 5.41) is 2.89. The zero-order valence-corrected chi connectivity index (χ0v) is 18.2. The van der Waals surface area contributed by atoms with Gasteiger partial charge in [-0.25, -0.2) is 13.2 Å². The van der Waals surface area contributed by atoms with Crippen LogP contribution in [-0.4, -0.2) is 50.3 Å². The van der Waals surface area contributed by atoms with E-state index in [1.807, 2.05) is 0 Å². The van der Waals surface area contributed by atoms with Gasteiger partial charge in [0.25, 0.3) is 0 Å². The molecule has 0 aromatic heterocycles. The maximum absolute atomic E-state index is 12.9. The molecule has 0 bridgehead atoms. The van der Waals surface area contributed by atoms with Gasteiger partial charge in [-0.2, -0.15) is 4.31 Å². The maximum atomic E-state index is 12.9. The molecule has 1 aromatic rings. The van der Waals surface area contributed by atoms with Crippen LogP contribution < -0.4 is 5.32 Å². The summed E-state index contributed by atoms with van der Waals surface area (Å²) in [4.78, 5) is 25.3. The average molecular weight is 473 g/mol. The first kappa shape index (κ1) is 21.3. The molecule has 9 heteroatoms. The van der Waals surface area contributed by atoms with Crippen molar-refractivity contribution in [2.24, 2.45) is 5.92 Å². The molecule has 1 saturated carbocycles. The number of hydrogen-bond acceptors (Lipinski definition) is 5. The number of nitrogens with one attached hydrogen (secondary N) is 1. The van der Waals surface area contributed by atoms with Gasteiger partial charge in [-0.05, 0) is 49.9 Å². The summed E-state index contributed by atoms with van der Waals surface area (Å²) in [6.07, 6.45) is 4.00. The van der Waals surface area contributed by atoms with Gasteiger partial charge >= 0.3 is 5.97 Å². The Balaban J connectivity index is 1.73. The smallest absolute Gasteiger partial charge is 0.331 e. The molecule has 28 heavy (non-hydrogen) atoms. The lowest BCUT2D eigenvalue weighted by Crippen LogP contribution is -2.56. The fraction of sp³-hybridized carbons (Fsp3) is 0.579. The summed E-state index contributed by atoms with van der Waals surface area (Å²) in [5.74, 6) is -1.18. The number of ether oxygens (including phenoxy) is 1. The van der Waals surface area contributed by atoms with Crippen LogP contribution in [0.3, 0.4) is 0 Å². The number of methoxy groups -OCH3 is 1. The highest BCUT2D eigenvalue weighted by molar-refractivity contribution is 9.10. The van der Waals surface area contributed by atoms with E-state index in [-0.39, 0.29) is 17.3 Å². The number of sulfonamides is 1. The van der Waals surface area contributed by atoms with Crippen LogP contribution in [0, 0.1) is 5.92 Å². The minimum atomic E-state index is -3.67. The second-order valence-electron chi connectivity index (χ2n) is 7.43. The lowest BCUT2D eigenvalue weighted by Gasteiger charge is -2.34. The van der Waals surface area contributed by atoms with Crippen LogP contribution >= 0.6 is 15.9 Å². The molecule has 1 heterocycles. The predicted molar refractivity (Wildman–Crippen MR) is 107 cm³/mol. The number of nitrogens with zero attached hydrogens (tertiary/aromatic N) is 1. The van der Waals surface area contributed by atoms with Crippen molar-refractivity contribution in [3.8, 4) is 0 Å². The molecule has 1 atom stereocenters. The number of carbonyl (C=O) groups excluding carboxylic acids is 2. The van der Waals surface area contributed by atoms with Crippen molar-refractivity contribution in [1.29, 1.82) is 0 Å². The fourth-order valence-corrected chi connectivity index (χ4v) is 5.81. The van der Waals surface area contributed by atoms with E-state index in [0.717, 1.165) is 17.3 Å². The molecule has 3 rings (SSSR count). The van der Waals surface area contributed by atoms with E-state index in [1.165, 1.54) is 11.4 Å². The number of halogens is 1. The van der Waals surface area contributed by atoms with Crippen molar-refractivity contribution in [2.75, 3.05) is 20.2 Å². The number of benzene rings is 1. The molecule has 7 nitrogen and oxygen atoms in total. The van der Waals surface area contributed by atoms with Crippen LogP contribution in [0.15, 0.2) is 33.6 Å². The number of piperidine rings is 1. The van der Waals surface area contributed by atoms with Gasteiger partial charge in [0, 0.05) is 17.6 Å². The van der Waals surface area contributed by atoms with E-state index in [4.69, 9.17) is 4.74 Å². The van der Waals surface area contributed by atoms with Gasteiger partial charge < -0.3 is 10.1 Å². The maximum Gasteiger partial charge on any atom is 0.331 e. The minimum absolute atomic E-state index is 0.113. The topological polar surface area (TPSA) is 92.8 Å². The summed E-state index contributed by atoms with van der Waals surface area (Å²) in [6, 6.07) is 6.46. The second-order valence-corrected chi connectivity index (χ2v) is 10.3. The van der Waals surface area contributed by atoms with Crippen molar-refractivity contribution < 1.29 is 22.7 Å². The monoisotopic (exact) mass is 472 g/mol. The van der Waals surface area contributed by atoms with Gasteiger partial charge in [0.2, 0.25) is 15.9 Å². The normalized spacial score (nSPS) is 22.6. The quantitative estimate of drug-likeness (QED) is 0.664. The third-order valence-electron chi connectivity index (χ3n) is 5.60. The Kier molecular flexibility index (Phi) is 6.46. The van der Waals surface area contributed by atoms with Crippen molar-refractivity contribution in [3.63, 3.8) is 0 Å². The molecule has 1 saturated heterocycles. The van der Waals surface area contributed by atoms with Gasteiger partial charge in [-0.1, -0.05) is 28.8 Å². The SMILES string of the molecule is COC(=O)C1(NC(=O)C2CCCN(S(=O)(=O)c3ccc(Br)cc3)C2)CCCC1. The third-order valence-corrected chi connectivity index (χ3v) is 8.01. The summed E-state index contributed by atoms with van der Waals surface area (Å²) < 4.78 is 32.9. The first-order valence-electron chi connectivity index (χ1n) is 9.45. The number of carbonyl (C=O) groups is 2. The molecule has 1 amide bonds. The van der Waals surface area contributed by atoms with Gasteiger partial charge in [0.15, 0.2) is 0 Å². The standard InChI is InChI=1S/C19H25BrN2O5S/c1-27-18(24)19(10-2-3-11-19)21-17(23)14-5-4-12-22(13-14)28(25,26)16-8-6-15(20)7-9-16/h6-9,14H,2-5,10-13H2,1H3,(H,21,23). The molecular formula is C19H25BrN2O5S. The fourth-order valence-electron chi connectivity index (χ4n) is 4.02. The number of hydrogen-bond donors (Lipinski definition) is 1. The Bertz CT molecular complexity index is 834. The highest BCUT2D eigenvalue weighted by atomic mass is 79.9. The Morgan fingerprint density at radius 1 is 1.18 bits per heavy atom. The van der Waals surface area contributed by atoms with Crippen LogP contribution in [0.5, 0.6) is 0 Å². The van der Waals surface area contributed by atoms with Crippen LogP contribution in [0.4, 0.5) is 0 Å². The van der Waals surface area contributed by atoms with Crippen LogP contribution in [0.25, 0.3) is 0 Å². The summed E-state index contributed by atoms with van der Waals surface area (Å²) >= 11 is 3.30. The molecule has 154 valence electrons. The lowest BCUT2D eigenvalue weighted by molar-refractivity contribution is -0.151. The molecule has 1 aromatic carbocycles. The molecule has 1 aliphatic carbocycles. The Labute approximate surface area is 174 Å². The summed E-state index contributed by atoms with van der Waals surface area (Å²) in [7, 11) is -2.35. The van der Waals surface area contributed by atoms with Crippen LogP contribution in [0.1, 0.15) is 38.5 Å². The molecule has 0 radical (unpaired) electrons. The van der Waals surface area contributed by atoms with E-state index < -0.39 is 27.4 Å². The molecule has 0 spiro atoms. The van der Waals surface area contributed by atoms with Gasteiger partial charge in [0.1, 0.15) is 5.54 Å². The van der Waals surface area contributed by atoms with Crippen molar-refractivity contribution in [1.82, 2.24) is 9.62 Å². The minimum Gasteiger partial charge on any atom is -0.467 e. The van der Waals surface area contributed by atoms with Gasteiger partial charge in [0.05, 0.1) is 17.9 Å². The highest BCUT2D eigenvalue weighted by Crippen LogP contribution is 2.32. The largest absolute Gasteiger partial charge is 0.467 e. The molecule has 1 aliphatic heterocycles. The zero-order chi connectivity index (χ0) is 20.4. The first-order valence-corrected chi connectivity index (χ1v) is 11.7.